The van der Waals surface area contributed by atoms with Gasteiger partial charge in [-0.05, 0) is 30.7 Å². The summed E-state index contributed by atoms with van der Waals surface area (Å²) in [5.41, 5.74) is 0.164. The van der Waals surface area contributed by atoms with Crippen molar-refractivity contribution in [1.29, 1.82) is 0 Å². The summed E-state index contributed by atoms with van der Waals surface area (Å²) in [7, 11) is 1.42. The molecule has 0 aliphatic heterocycles. The molecule has 2 aromatic rings. The molecule has 5 heteroatoms. The number of rotatable bonds is 4. The van der Waals surface area contributed by atoms with Crippen LogP contribution in [0.2, 0.25) is 0 Å². The summed E-state index contributed by atoms with van der Waals surface area (Å²) >= 11 is 3.28. The topological polar surface area (TPSA) is 9.23 Å². The maximum atomic E-state index is 13.9. The summed E-state index contributed by atoms with van der Waals surface area (Å²) in [4.78, 5) is -0.593. The third kappa shape index (κ3) is 2.98. The average Bonchev–Trinajstić information content (AvgIpc) is 2.42. The van der Waals surface area contributed by atoms with Crippen molar-refractivity contribution in [2.24, 2.45) is 0 Å². The molecule has 1 unspecified atom stereocenters. The standard InChI is InChI=1S/C15H12BrF3O/c1-20-14-7-3-6-13(19)15(14)10(16)8-9-11(17)4-2-5-12(9)18/h2-7,10H,8H2,1H3. The molecule has 0 radical (unpaired) electrons. The Hall–Kier alpha value is -1.49. The lowest BCUT2D eigenvalue weighted by Gasteiger charge is -2.16. The largest absolute Gasteiger partial charge is 0.496 e. The maximum Gasteiger partial charge on any atom is 0.131 e. The van der Waals surface area contributed by atoms with Crippen molar-refractivity contribution in [3.63, 3.8) is 0 Å². The molecule has 1 nitrogen and oxygen atoms in total. The van der Waals surface area contributed by atoms with Crippen LogP contribution in [0.1, 0.15) is 16.0 Å². The van der Waals surface area contributed by atoms with E-state index in [4.69, 9.17) is 4.74 Å². The third-order valence-corrected chi connectivity index (χ3v) is 3.77. The van der Waals surface area contributed by atoms with E-state index in [0.717, 1.165) is 0 Å². The van der Waals surface area contributed by atoms with Gasteiger partial charge >= 0.3 is 0 Å². The van der Waals surface area contributed by atoms with E-state index < -0.39 is 22.3 Å². The Bertz CT molecular complexity index is 596. The zero-order chi connectivity index (χ0) is 14.7. The van der Waals surface area contributed by atoms with Crippen molar-refractivity contribution >= 4 is 15.9 Å². The van der Waals surface area contributed by atoms with Crippen molar-refractivity contribution in [2.75, 3.05) is 7.11 Å². The fourth-order valence-corrected chi connectivity index (χ4v) is 2.78. The number of hydrogen-bond acceptors (Lipinski definition) is 1. The monoisotopic (exact) mass is 344 g/mol. The molecule has 0 aliphatic rings. The second-order valence-corrected chi connectivity index (χ2v) is 5.33. The van der Waals surface area contributed by atoms with Gasteiger partial charge in [0.05, 0.1) is 11.9 Å². The number of ether oxygens (including phenoxy) is 1. The smallest absolute Gasteiger partial charge is 0.131 e. The molecular weight excluding hydrogens is 333 g/mol. The highest BCUT2D eigenvalue weighted by molar-refractivity contribution is 9.09. The molecule has 0 aliphatic carbocycles. The molecule has 20 heavy (non-hydrogen) atoms. The van der Waals surface area contributed by atoms with Crippen LogP contribution in [-0.2, 0) is 6.42 Å². The van der Waals surface area contributed by atoms with E-state index in [-0.39, 0.29) is 17.5 Å². The Morgan fingerprint density at radius 1 is 1.00 bits per heavy atom. The Labute approximate surface area is 123 Å². The Balaban J connectivity index is 2.36. The van der Waals surface area contributed by atoms with Gasteiger partial charge in [-0.15, -0.1) is 0 Å². The zero-order valence-corrected chi connectivity index (χ0v) is 12.3. The van der Waals surface area contributed by atoms with Gasteiger partial charge in [-0.2, -0.15) is 0 Å². The molecule has 0 aromatic heterocycles. The van der Waals surface area contributed by atoms with Crippen LogP contribution in [0.25, 0.3) is 0 Å². The predicted molar refractivity (Wildman–Crippen MR) is 74.7 cm³/mol. The molecule has 0 heterocycles. The molecule has 0 fully saturated rings. The lowest BCUT2D eigenvalue weighted by molar-refractivity contribution is 0.403. The zero-order valence-electron chi connectivity index (χ0n) is 10.7. The average molecular weight is 345 g/mol. The van der Waals surface area contributed by atoms with E-state index in [1.165, 1.54) is 37.4 Å². The molecule has 106 valence electrons. The van der Waals surface area contributed by atoms with Crippen LogP contribution in [0.3, 0.4) is 0 Å². The predicted octanol–water partition coefficient (Wildman–Crippen LogP) is 4.79. The van der Waals surface area contributed by atoms with Crippen LogP contribution in [0.4, 0.5) is 13.2 Å². The highest BCUT2D eigenvalue weighted by Gasteiger charge is 2.21. The summed E-state index contributed by atoms with van der Waals surface area (Å²) in [5, 5.41) is 0. The van der Waals surface area contributed by atoms with Crippen molar-refractivity contribution in [1.82, 2.24) is 0 Å². The number of halogens is 4. The Morgan fingerprint density at radius 2 is 1.55 bits per heavy atom. The minimum Gasteiger partial charge on any atom is -0.496 e. The van der Waals surface area contributed by atoms with Crippen LogP contribution in [0.15, 0.2) is 36.4 Å². The highest BCUT2D eigenvalue weighted by Crippen LogP contribution is 2.36. The maximum absolute atomic E-state index is 13.9. The van der Waals surface area contributed by atoms with Gasteiger partial charge in [0.1, 0.15) is 23.2 Å². The lowest BCUT2D eigenvalue weighted by Crippen LogP contribution is -2.05. The quantitative estimate of drug-likeness (QED) is 0.724. The number of hydrogen-bond donors (Lipinski definition) is 0. The molecule has 0 saturated carbocycles. The van der Waals surface area contributed by atoms with Gasteiger partial charge < -0.3 is 4.74 Å². The lowest BCUT2D eigenvalue weighted by atomic mass is 10.0. The van der Waals surface area contributed by atoms with Gasteiger partial charge in [0.15, 0.2) is 0 Å². The first kappa shape index (κ1) is 14.9. The minimum absolute atomic E-state index is 0.0181. The van der Waals surface area contributed by atoms with Crippen LogP contribution in [0, 0.1) is 17.5 Å². The van der Waals surface area contributed by atoms with Gasteiger partial charge in [0.2, 0.25) is 0 Å². The van der Waals surface area contributed by atoms with Crippen LogP contribution >= 0.6 is 15.9 Å². The summed E-state index contributed by atoms with van der Waals surface area (Å²) in [6.07, 6.45) is -0.0181. The van der Waals surface area contributed by atoms with E-state index >= 15 is 0 Å². The first-order valence-corrected chi connectivity index (χ1v) is 6.85. The molecule has 1 atom stereocenters. The SMILES string of the molecule is COc1cccc(F)c1C(Br)Cc1c(F)cccc1F. The third-order valence-electron chi connectivity index (χ3n) is 2.99. The molecule has 2 rings (SSSR count). The van der Waals surface area contributed by atoms with Gasteiger partial charge in [-0.3, -0.25) is 0 Å². The highest BCUT2D eigenvalue weighted by atomic mass is 79.9. The fourth-order valence-electron chi connectivity index (χ4n) is 2.01. The van der Waals surface area contributed by atoms with E-state index in [9.17, 15) is 13.2 Å². The van der Waals surface area contributed by atoms with Crippen molar-refractivity contribution in [3.05, 3.63) is 65.0 Å². The minimum atomic E-state index is -0.648. The first-order valence-electron chi connectivity index (χ1n) is 5.94. The van der Waals surface area contributed by atoms with Gasteiger partial charge in [0, 0.05) is 11.1 Å². The summed E-state index contributed by atoms with van der Waals surface area (Å²) < 4.78 is 46.2. The summed E-state index contributed by atoms with van der Waals surface area (Å²) in [6.45, 7) is 0. The van der Waals surface area contributed by atoms with Gasteiger partial charge in [-0.25, -0.2) is 13.2 Å². The molecule has 2 aromatic carbocycles. The Morgan fingerprint density at radius 3 is 2.15 bits per heavy atom. The van der Waals surface area contributed by atoms with E-state index in [0.29, 0.717) is 5.75 Å². The molecule has 0 N–H and O–H groups in total. The van der Waals surface area contributed by atoms with Crippen molar-refractivity contribution in [3.8, 4) is 5.75 Å². The van der Waals surface area contributed by atoms with E-state index in [2.05, 4.69) is 15.9 Å². The molecular formula is C15H12BrF3O. The van der Waals surface area contributed by atoms with Crippen molar-refractivity contribution in [2.45, 2.75) is 11.2 Å². The van der Waals surface area contributed by atoms with Gasteiger partial charge in [-0.1, -0.05) is 28.1 Å². The summed E-state index contributed by atoms with van der Waals surface area (Å²) in [6, 6.07) is 8.05. The second-order valence-electron chi connectivity index (χ2n) is 4.23. The fraction of sp³-hybridized carbons (Fsp3) is 0.200. The van der Waals surface area contributed by atoms with Crippen LogP contribution in [-0.4, -0.2) is 7.11 Å². The van der Waals surface area contributed by atoms with E-state index in [1.54, 1.807) is 6.07 Å². The second kappa shape index (κ2) is 6.31. The number of benzene rings is 2. The molecule has 0 bridgehead atoms. The number of methoxy groups -OCH3 is 1. The van der Waals surface area contributed by atoms with Crippen LogP contribution in [0.5, 0.6) is 5.75 Å². The normalized spacial score (nSPS) is 12.2. The van der Waals surface area contributed by atoms with Crippen LogP contribution < -0.4 is 4.74 Å². The molecule has 0 amide bonds. The molecule has 0 spiro atoms. The molecule has 0 saturated heterocycles. The van der Waals surface area contributed by atoms with Gasteiger partial charge in [0.25, 0.3) is 0 Å². The summed E-state index contributed by atoms with van der Waals surface area (Å²) in [5.74, 6) is -1.44. The van der Waals surface area contributed by atoms with Crippen molar-refractivity contribution < 1.29 is 17.9 Å². The van der Waals surface area contributed by atoms with E-state index in [1.807, 2.05) is 0 Å². The Kier molecular flexibility index (Phi) is 4.70. The first-order chi connectivity index (χ1) is 9.54. The number of alkyl halides is 1.